The lowest BCUT2D eigenvalue weighted by Gasteiger charge is -2.36. The van der Waals surface area contributed by atoms with Gasteiger partial charge in [-0.05, 0) is 32.0 Å². The molecule has 8 nitrogen and oxygen atoms in total. The fourth-order valence-corrected chi connectivity index (χ4v) is 3.43. The molecule has 0 bridgehead atoms. The number of carbonyl (C=O) groups is 2. The molecule has 4 rings (SSSR count). The predicted octanol–water partition coefficient (Wildman–Crippen LogP) is 1.42. The van der Waals surface area contributed by atoms with Gasteiger partial charge in [0.05, 0.1) is 29.3 Å². The lowest BCUT2D eigenvalue weighted by atomic mass is 10.1. The Labute approximate surface area is 157 Å². The monoisotopic (exact) mass is 366 g/mol. The first-order valence-corrected chi connectivity index (χ1v) is 9.03. The van der Waals surface area contributed by atoms with Crippen molar-refractivity contribution in [2.45, 2.75) is 13.8 Å². The van der Waals surface area contributed by atoms with Crippen molar-refractivity contribution in [1.82, 2.24) is 14.9 Å². The number of benzene rings is 1. The number of anilines is 3. The zero-order valence-electron chi connectivity index (χ0n) is 15.5. The number of hydrogen-bond acceptors (Lipinski definition) is 6. The van der Waals surface area contributed by atoms with Crippen LogP contribution < -0.4 is 15.5 Å². The molecule has 2 amide bonds. The van der Waals surface area contributed by atoms with Crippen LogP contribution in [0, 0.1) is 13.8 Å². The molecule has 0 radical (unpaired) electrons. The van der Waals surface area contributed by atoms with Crippen LogP contribution in [-0.2, 0) is 4.79 Å². The molecule has 1 saturated heterocycles. The highest BCUT2D eigenvalue weighted by molar-refractivity contribution is 6.03. The lowest BCUT2D eigenvalue weighted by Crippen LogP contribution is -2.49. The van der Waals surface area contributed by atoms with Crippen molar-refractivity contribution >= 4 is 29.0 Å². The maximum Gasteiger partial charge on any atom is 0.254 e. The minimum Gasteiger partial charge on any atom is -0.374 e. The second-order valence-electron chi connectivity index (χ2n) is 6.86. The summed E-state index contributed by atoms with van der Waals surface area (Å²) in [7, 11) is 0. The summed E-state index contributed by atoms with van der Waals surface area (Å²) in [6.45, 7) is 6.81. The number of piperazine rings is 1. The Kier molecular flexibility index (Phi) is 4.39. The Morgan fingerprint density at radius 2 is 1.89 bits per heavy atom. The van der Waals surface area contributed by atoms with Gasteiger partial charge in [-0.15, -0.1) is 0 Å². The molecular weight excluding hydrogens is 344 g/mol. The van der Waals surface area contributed by atoms with Gasteiger partial charge in [0.15, 0.2) is 0 Å². The summed E-state index contributed by atoms with van der Waals surface area (Å²) in [4.78, 5) is 37.4. The number of hydrogen-bond donors (Lipinski definition) is 2. The second kappa shape index (κ2) is 6.86. The summed E-state index contributed by atoms with van der Waals surface area (Å²) in [6, 6.07) is 5.38. The van der Waals surface area contributed by atoms with Crippen LogP contribution in [-0.4, -0.2) is 59.4 Å². The smallest absolute Gasteiger partial charge is 0.254 e. The van der Waals surface area contributed by atoms with E-state index in [4.69, 9.17) is 0 Å². The summed E-state index contributed by atoms with van der Waals surface area (Å²) in [6.07, 6.45) is 1.77. The van der Waals surface area contributed by atoms with Crippen molar-refractivity contribution in [3.8, 4) is 0 Å². The topological polar surface area (TPSA) is 90.5 Å². The van der Waals surface area contributed by atoms with Crippen LogP contribution in [0.25, 0.3) is 0 Å². The molecule has 2 N–H and O–H groups in total. The van der Waals surface area contributed by atoms with E-state index < -0.39 is 0 Å². The maximum atomic E-state index is 12.9. The molecule has 0 saturated carbocycles. The van der Waals surface area contributed by atoms with Crippen LogP contribution in [0.2, 0.25) is 0 Å². The molecular formula is C19H22N6O2. The predicted molar refractivity (Wildman–Crippen MR) is 103 cm³/mol. The fraction of sp³-hybridized carbons (Fsp3) is 0.368. The van der Waals surface area contributed by atoms with Crippen molar-refractivity contribution in [3.63, 3.8) is 0 Å². The van der Waals surface area contributed by atoms with Gasteiger partial charge in [-0.2, -0.15) is 0 Å². The molecule has 3 heterocycles. The average Bonchev–Trinajstić information content (AvgIpc) is 2.69. The minimum atomic E-state index is -0.102. The Hall–Kier alpha value is -3.16. The first-order chi connectivity index (χ1) is 13.0. The van der Waals surface area contributed by atoms with Gasteiger partial charge < -0.3 is 20.4 Å². The molecule has 0 spiro atoms. The first-order valence-electron chi connectivity index (χ1n) is 9.03. The van der Waals surface area contributed by atoms with E-state index in [2.05, 4.69) is 25.5 Å². The van der Waals surface area contributed by atoms with E-state index in [1.54, 1.807) is 18.3 Å². The molecule has 2 aromatic rings. The van der Waals surface area contributed by atoms with Crippen molar-refractivity contribution in [2.24, 2.45) is 0 Å². The van der Waals surface area contributed by atoms with E-state index >= 15 is 0 Å². The molecule has 1 aromatic heterocycles. The van der Waals surface area contributed by atoms with Gasteiger partial charge in [0.25, 0.3) is 5.91 Å². The van der Waals surface area contributed by atoms with Gasteiger partial charge >= 0.3 is 0 Å². The number of carbonyl (C=O) groups excluding carboxylic acids is 2. The van der Waals surface area contributed by atoms with E-state index in [0.717, 1.165) is 22.9 Å². The molecule has 0 unspecified atom stereocenters. The van der Waals surface area contributed by atoms with Crippen LogP contribution in [0.15, 0.2) is 24.4 Å². The van der Waals surface area contributed by atoms with E-state index in [1.165, 1.54) is 0 Å². The normalized spacial score (nSPS) is 16.4. The van der Waals surface area contributed by atoms with E-state index in [-0.39, 0.29) is 18.4 Å². The number of aryl methyl sites for hydroxylation is 2. The zero-order chi connectivity index (χ0) is 19.0. The first kappa shape index (κ1) is 17.3. The number of fused-ring (bicyclic) bond motifs is 1. The molecule has 1 aromatic carbocycles. The summed E-state index contributed by atoms with van der Waals surface area (Å²) in [5.74, 6) is 0.768. The van der Waals surface area contributed by atoms with Crippen LogP contribution in [0.1, 0.15) is 21.7 Å². The standard InChI is InChI=1S/C19H22N6O2/c1-12-10-20-13(2)18(22-12)24-5-7-25(8-6-24)19(27)14-3-4-15-16(9-14)23-17(26)11-21-15/h3-4,9-10,21H,5-8,11H2,1-2H3,(H,23,26). The molecule has 8 heteroatoms. The van der Waals surface area contributed by atoms with Crippen LogP contribution in [0.3, 0.4) is 0 Å². The molecule has 0 aliphatic carbocycles. The van der Waals surface area contributed by atoms with Crippen molar-refractivity contribution in [2.75, 3.05) is 48.3 Å². The van der Waals surface area contributed by atoms with Crippen LogP contribution >= 0.6 is 0 Å². The highest BCUT2D eigenvalue weighted by Gasteiger charge is 2.25. The zero-order valence-corrected chi connectivity index (χ0v) is 15.5. The van der Waals surface area contributed by atoms with Crippen molar-refractivity contribution in [3.05, 3.63) is 41.3 Å². The number of amides is 2. The lowest BCUT2D eigenvalue weighted by molar-refractivity contribution is -0.114. The molecule has 0 atom stereocenters. The minimum absolute atomic E-state index is 0.0238. The van der Waals surface area contributed by atoms with Gasteiger partial charge in [0.1, 0.15) is 5.82 Å². The Balaban J connectivity index is 1.45. The van der Waals surface area contributed by atoms with E-state index in [1.807, 2.05) is 24.8 Å². The van der Waals surface area contributed by atoms with Crippen molar-refractivity contribution in [1.29, 1.82) is 0 Å². The van der Waals surface area contributed by atoms with Crippen molar-refractivity contribution < 1.29 is 9.59 Å². The van der Waals surface area contributed by atoms with E-state index in [9.17, 15) is 9.59 Å². The number of nitrogens with one attached hydrogen (secondary N) is 2. The maximum absolute atomic E-state index is 12.9. The third-order valence-corrected chi connectivity index (χ3v) is 4.90. The summed E-state index contributed by atoms with van der Waals surface area (Å²) >= 11 is 0. The number of nitrogens with zero attached hydrogens (tertiary/aromatic N) is 4. The molecule has 27 heavy (non-hydrogen) atoms. The molecule has 1 fully saturated rings. The molecule has 2 aliphatic rings. The van der Waals surface area contributed by atoms with Gasteiger partial charge in [-0.3, -0.25) is 14.6 Å². The quantitative estimate of drug-likeness (QED) is 0.835. The Morgan fingerprint density at radius 1 is 1.11 bits per heavy atom. The summed E-state index contributed by atoms with van der Waals surface area (Å²) in [5.41, 5.74) is 3.86. The highest BCUT2D eigenvalue weighted by atomic mass is 16.2. The molecule has 140 valence electrons. The Morgan fingerprint density at radius 3 is 2.67 bits per heavy atom. The summed E-state index contributed by atoms with van der Waals surface area (Å²) in [5, 5.41) is 5.84. The third kappa shape index (κ3) is 3.42. The van der Waals surface area contributed by atoms with Gasteiger partial charge in [0.2, 0.25) is 5.91 Å². The number of rotatable bonds is 2. The highest BCUT2D eigenvalue weighted by Crippen LogP contribution is 2.26. The van der Waals surface area contributed by atoms with Crippen LogP contribution in [0.5, 0.6) is 0 Å². The molecule has 2 aliphatic heterocycles. The summed E-state index contributed by atoms with van der Waals surface area (Å²) < 4.78 is 0. The van der Waals surface area contributed by atoms with Gasteiger partial charge in [-0.1, -0.05) is 0 Å². The van der Waals surface area contributed by atoms with Gasteiger partial charge in [0, 0.05) is 37.9 Å². The average molecular weight is 366 g/mol. The van der Waals surface area contributed by atoms with Gasteiger partial charge in [-0.25, -0.2) is 4.98 Å². The largest absolute Gasteiger partial charge is 0.374 e. The fourth-order valence-electron chi connectivity index (χ4n) is 3.43. The SMILES string of the molecule is Cc1cnc(C)c(N2CCN(C(=O)c3ccc4c(c3)NC(=O)CN4)CC2)n1. The third-order valence-electron chi connectivity index (χ3n) is 4.90. The second-order valence-corrected chi connectivity index (χ2v) is 6.86. The number of aromatic nitrogens is 2. The van der Waals surface area contributed by atoms with E-state index in [0.29, 0.717) is 37.4 Å². The van der Waals surface area contributed by atoms with Crippen LogP contribution in [0.4, 0.5) is 17.2 Å². The Bertz CT molecular complexity index is 905.